The van der Waals surface area contributed by atoms with Crippen LogP contribution in [0.5, 0.6) is 0 Å². The molecule has 0 heterocycles. The summed E-state index contributed by atoms with van der Waals surface area (Å²) >= 11 is 0. The summed E-state index contributed by atoms with van der Waals surface area (Å²) in [6, 6.07) is 0. The summed E-state index contributed by atoms with van der Waals surface area (Å²) in [7, 11) is 0. The van der Waals surface area contributed by atoms with E-state index in [4.69, 9.17) is 0 Å². The van der Waals surface area contributed by atoms with Gasteiger partial charge in [0.25, 0.3) is 0 Å². The van der Waals surface area contributed by atoms with Gasteiger partial charge in [0.1, 0.15) is 0 Å². The fraction of sp³-hybridized carbons (Fsp3) is 1.00. The van der Waals surface area contributed by atoms with Crippen LogP contribution in [-0.4, -0.2) is 0 Å². The molecule has 0 heteroatoms. The van der Waals surface area contributed by atoms with Crippen LogP contribution in [-0.2, 0) is 0 Å². The molecule has 11 heavy (non-hydrogen) atoms. The van der Waals surface area contributed by atoms with Crippen molar-refractivity contribution in [3.63, 3.8) is 0 Å². The van der Waals surface area contributed by atoms with Crippen molar-refractivity contribution in [3.05, 3.63) is 0 Å². The van der Waals surface area contributed by atoms with Gasteiger partial charge in [0.2, 0.25) is 0 Å². The average molecular weight is 152 g/mol. The fourth-order valence-electron chi connectivity index (χ4n) is 3.53. The van der Waals surface area contributed by atoms with Crippen LogP contribution in [0.3, 0.4) is 0 Å². The molecule has 2 saturated carbocycles. The van der Waals surface area contributed by atoms with Gasteiger partial charge < -0.3 is 0 Å². The summed E-state index contributed by atoms with van der Waals surface area (Å²) in [5.74, 6) is 4.43. The molecule has 0 aromatic heterocycles. The molecule has 0 radical (unpaired) electrons. The van der Waals surface area contributed by atoms with Gasteiger partial charge in [0, 0.05) is 0 Å². The van der Waals surface area contributed by atoms with Crippen molar-refractivity contribution in [1.82, 2.24) is 0 Å². The molecular weight excluding hydrogens is 132 g/mol. The second-order valence-corrected chi connectivity index (χ2v) is 4.64. The van der Waals surface area contributed by atoms with E-state index in [0.717, 1.165) is 23.7 Å². The van der Waals surface area contributed by atoms with E-state index in [1.54, 1.807) is 19.3 Å². The van der Waals surface area contributed by atoms with Crippen LogP contribution < -0.4 is 0 Å². The summed E-state index contributed by atoms with van der Waals surface area (Å²) in [5, 5.41) is 0. The molecule has 4 atom stereocenters. The van der Waals surface area contributed by atoms with Crippen LogP contribution in [0.25, 0.3) is 0 Å². The summed E-state index contributed by atoms with van der Waals surface area (Å²) < 4.78 is 0. The minimum Gasteiger partial charge on any atom is -0.0654 e. The molecule has 0 nitrogen and oxygen atoms in total. The number of rotatable bonds is 2. The molecule has 64 valence electrons. The van der Waals surface area contributed by atoms with Gasteiger partial charge in [0.05, 0.1) is 0 Å². The molecular formula is C11H20. The maximum Gasteiger partial charge on any atom is -0.0357 e. The Labute approximate surface area is 70.4 Å². The first kappa shape index (κ1) is 7.64. The third-order valence-electron chi connectivity index (χ3n) is 4.16. The van der Waals surface area contributed by atoms with Crippen molar-refractivity contribution in [3.8, 4) is 0 Å². The zero-order valence-corrected chi connectivity index (χ0v) is 7.84. The van der Waals surface area contributed by atoms with Crippen LogP contribution in [0.4, 0.5) is 0 Å². The smallest absolute Gasteiger partial charge is 0.0357 e. The minimum absolute atomic E-state index is 1.06. The van der Waals surface area contributed by atoms with Crippen molar-refractivity contribution in [1.29, 1.82) is 0 Å². The van der Waals surface area contributed by atoms with Gasteiger partial charge in [-0.05, 0) is 42.9 Å². The van der Waals surface area contributed by atoms with Gasteiger partial charge >= 0.3 is 0 Å². The van der Waals surface area contributed by atoms with Crippen LogP contribution in [0, 0.1) is 23.7 Å². The molecule has 2 unspecified atom stereocenters. The van der Waals surface area contributed by atoms with Crippen molar-refractivity contribution in [2.75, 3.05) is 0 Å². The van der Waals surface area contributed by atoms with Crippen molar-refractivity contribution in [2.24, 2.45) is 23.7 Å². The lowest BCUT2D eigenvalue weighted by Gasteiger charge is -2.27. The Morgan fingerprint density at radius 2 is 1.91 bits per heavy atom. The lowest BCUT2D eigenvalue weighted by Crippen LogP contribution is -2.19. The molecule has 2 aliphatic rings. The van der Waals surface area contributed by atoms with Crippen LogP contribution in [0.2, 0.25) is 0 Å². The Hall–Kier alpha value is 0. The van der Waals surface area contributed by atoms with Gasteiger partial charge in [-0.25, -0.2) is 0 Å². The largest absolute Gasteiger partial charge is 0.0654 e. The van der Waals surface area contributed by atoms with E-state index < -0.39 is 0 Å². The highest BCUT2D eigenvalue weighted by molar-refractivity contribution is 4.93. The zero-order valence-electron chi connectivity index (χ0n) is 7.84. The van der Waals surface area contributed by atoms with Gasteiger partial charge in [-0.3, -0.25) is 0 Å². The van der Waals surface area contributed by atoms with E-state index in [-0.39, 0.29) is 0 Å². The third-order valence-corrected chi connectivity index (χ3v) is 4.16. The monoisotopic (exact) mass is 152 g/mol. The molecule has 0 aliphatic heterocycles. The number of hydrogen-bond donors (Lipinski definition) is 0. The Morgan fingerprint density at radius 1 is 1.18 bits per heavy atom. The third kappa shape index (κ3) is 1.11. The first-order valence-electron chi connectivity index (χ1n) is 5.33. The molecule has 0 aromatic rings. The van der Waals surface area contributed by atoms with E-state index in [1.165, 1.54) is 12.8 Å². The van der Waals surface area contributed by atoms with Crippen LogP contribution in [0.15, 0.2) is 0 Å². The second-order valence-electron chi connectivity index (χ2n) is 4.64. The van der Waals surface area contributed by atoms with Crippen LogP contribution >= 0.6 is 0 Å². The SMILES string of the molecule is CCCC1C(C)[C@H]2CC[C@@H]1C2. The molecule has 0 N–H and O–H groups in total. The van der Waals surface area contributed by atoms with Crippen molar-refractivity contribution < 1.29 is 0 Å². The highest BCUT2D eigenvalue weighted by Crippen LogP contribution is 2.53. The highest BCUT2D eigenvalue weighted by Gasteiger charge is 2.44. The first-order chi connectivity index (χ1) is 5.33. The lowest BCUT2D eigenvalue weighted by molar-refractivity contribution is 0.224. The zero-order chi connectivity index (χ0) is 7.84. The van der Waals surface area contributed by atoms with Gasteiger partial charge in [-0.2, -0.15) is 0 Å². The van der Waals surface area contributed by atoms with Crippen molar-refractivity contribution >= 4 is 0 Å². The molecule has 0 spiro atoms. The summed E-state index contributed by atoms with van der Waals surface area (Å²) in [4.78, 5) is 0. The topological polar surface area (TPSA) is 0 Å². The first-order valence-corrected chi connectivity index (χ1v) is 5.33. The molecule has 0 amide bonds. The van der Waals surface area contributed by atoms with Gasteiger partial charge in [0.15, 0.2) is 0 Å². The van der Waals surface area contributed by atoms with Gasteiger partial charge in [-0.1, -0.05) is 26.7 Å². The van der Waals surface area contributed by atoms with E-state index in [1.807, 2.05) is 0 Å². The molecule has 2 aliphatic carbocycles. The minimum atomic E-state index is 1.06. The summed E-state index contributed by atoms with van der Waals surface area (Å²) in [6.07, 6.45) is 7.58. The standard InChI is InChI=1S/C11H20/c1-3-4-11-8(2)9-5-6-10(11)7-9/h8-11H,3-7H2,1-2H3/t8?,9-,10+,11?/m0/s1. The Balaban J connectivity index is 2.00. The molecule has 2 bridgehead atoms. The molecule has 0 aromatic carbocycles. The van der Waals surface area contributed by atoms with Gasteiger partial charge in [-0.15, -0.1) is 0 Å². The van der Waals surface area contributed by atoms with Crippen molar-refractivity contribution in [2.45, 2.75) is 46.0 Å². The molecule has 2 fully saturated rings. The lowest BCUT2D eigenvalue weighted by atomic mass is 9.78. The Morgan fingerprint density at radius 3 is 2.45 bits per heavy atom. The van der Waals surface area contributed by atoms with E-state index in [9.17, 15) is 0 Å². The van der Waals surface area contributed by atoms with E-state index in [2.05, 4.69) is 13.8 Å². The van der Waals surface area contributed by atoms with E-state index >= 15 is 0 Å². The normalized spacial score (nSPS) is 48.5. The quantitative estimate of drug-likeness (QED) is 0.568. The number of hydrogen-bond acceptors (Lipinski definition) is 0. The average Bonchev–Trinajstić information content (AvgIpc) is 2.54. The second kappa shape index (κ2) is 2.80. The summed E-state index contributed by atoms with van der Waals surface area (Å²) in [5.41, 5.74) is 0. The molecule has 0 saturated heterocycles. The van der Waals surface area contributed by atoms with Crippen LogP contribution in [0.1, 0.15) is 46.0 Å². The Bertz CT molecular complexity index is 137. The maximum absolute atomic E-state index is 2.49. The highest BCUT2D eigenvalue weighted by atomic mass is 14.5. The molecule has 2 rings (SSSR count). The fourth-order valence-corrected chi connectivity index (χ4v) is 3.53. The summed E-state index contributed by atoms with van der Waals surface area (Å²) in [6.45, 7) is 4.82. The predicted molar refractivity (Wildman–Crippen MR) is 48.4 cm³/mol. The Kier molecular flexibility index (Phi) is 1.95. The maximum atomic E-state index is 2.49. The van der Waals surface area contributed by atoms with E-state index in [0.29, 0.717) is 0 Å². The predicted octanol–water partition coefficient (Wildman–Crippen LogP) is 3.47. The number of fused-ring (bicyclic) bond motifs is 2.